The fourth-order valence-electron chi connectivity index (χ4n) is 2.36. The lowest BCUT2D eigenvalue weighted by atomic mass is 10.2. The third-order valence-corrected chi connectivity index (χ3v) is 5.21. The largest absolute Gasteiger partial charge is 0.491 e. The smallest absolute Gasteiger partial charge is 0.322 e. The van der Waals surface area contributed by atoms with E-state index in [0.717, 1.165) is 0 Å². The first-order valence-corrected chi connectivity index (χ1v) is 10.2. The monoisotopic (exact) mass is 401 g/mol. The number of carbonyl (C=O) groups excluding carboxylic acids is 1. The molecule has 0 saturated heterocycles. The molecule has 0 aliphatic carbocycles. The summed E-state index contributed by atoms with van der Waals surface area (Å²) in [6, 6.07) is 14.3. The van der Waals surface area contributed by atoms with Crippen molar-refractivity contribution in [1.82, 2.24) is 10.2 Å². The highest BCUT2D eigenvalue weighted by Crippen LogP contribution is 2.18. The zero-order valence-corrected chi connectivity index (χ0v) is 16.1. The number of nitrogens with zero attached hydrogens (tertiary/aromatic N) is 2. The molecule has 0 bridgehead atoms. The predicted molar refractivity (Wildman–Crippen MR) is 102 cm³/mol. The molecule has 3 rings (SSSR count). The van der Waals surface area contributed by atoms with Crippen LogP contribution < -0.4 is 10.1 Å². The molecule has 146 valence electrons. The Bertz CT molecular complexity index is 1040. The lowest BCUT2D eigenvalue weighted by Gasteiger charge is -2.09. The summed E-state index contributed by atoms with van der Waals surface area (Å²) in [6.07, 6.45) is 0.0312. The average molecular weight is 401 g/mol. The Morgan fingerprint density at radius 2 is 1.75 bits per heavy atom. The molecular formula is C19H19N3O5S. The first-order chi connectivity index (χ1) is 13.3. The van der Waals surface area contributed by atoms with Crippen molar-refractivity contribution in [2.75, 3.05) is 5.32 Å². The van der Waals surface area contributed by atoms with Crippen LogP contribution in [-0.2, 0) is 15.6 Å². The lowest BCUT2D eigenvalue weighted by Crippen LogP contribution is -2.12. The van der Waals surface area contributed by atoms with Gasteiger partial charge in [-0.05, 0) is 50.2 Å². The van der Waals surface area contributed by atoms with Gasteiger partial charge in [-0.2, -0.15) is 0 Å². The molecule has 3 aromatic rings. The van der Waals surface area contributed by atoms with Gasteiger partial charge in [0.25, 0.3) is 5.91 Å². The number of anilines is 1. The summed E-state index contributed by atoms with van der Waals surface area (Å²) < 4.78 is 35.4. The summed E-state index contributed by atoms with van der Waals surface area (Å²) in [4.78, 5) is 12.4. The number of carbonyl (C=O) groups is 1. The number of hydrogen-bond donors (Lipinski definition) is 1. The summed E-state index contributed by atoms with van der Waals surface area (Å²) in [6.45, 7) is 3.82. The third-order valence-electron chi connectivity index (χ3n) is 3.59. The zero-order valence-electron chi connectivity index (χ0n) is 15.3. The van der Waals surface area contributed by atoms with E-state index in [1.165, 1.54) is 12.1 Å². The maximum Gasteiger partial charge on any atom is 0.322 e. The molecule has 0 radical (unpaired) electrons. The summed E-state index contributed by atoms with van der Waals surface area (Å²) >= 11 is 0. The normalized spacial score (nSPS) is 11.4. The van der Waals surface area contributed by atoms with Crippen LogP contribution >= 0.6 is 0 Å². The fourth-order valence-corrected chi connectivity index (χ4v) is 3.54. The number of hydrogen-bond acceptors (Lipinski definition) is 7. The molecule has 0 fully saturated rings. The van der Waals surface area contributed by atoms with Gasteiger partial charge < -0.3 is 9.15 Å². The van der Waals surface area contributed by atoms with Gasteiger partial charge in [0.1, 0.15) is 11.5 Å². The van der Waals surface area contributed by atoms with Crippen LogP contribution in [0.3, 0.4) is 0 Å². The van der Waals surface area contributed by atoms with Gasteiger partial charge in [-0.15, -0.1) is 5.10 Å². The molecule has 1 N–H and O–H groups in total. The molecule has 1 aromatic heterocycles. The molecule has 0 saturated carbocycles. The van der Waals surface area contributed by atoms with Crippen LogP contribution in [0.15, 0.2) is 63.9 Å². The van der Waals surface area contributed by atoms with Crippen LogP contribution in [0.2, 0.25) is 0 Å². The van der Waals surface area contributed by atoms with Gasteiger partial charge in [0, 0.05) is 5.56 Å². The highest BCUT2D eigenvalue weighted by atomic mass is 32.2. The van der Waals surface area contributed by atoms with Gasteiger partial charge in [-0.3, -0.25) is 10.1 Å². The molecule has 1 heterocycles. The molecule has 0 unspecified atom stereocenters. The minimum Gasteiger partial charge on any atom is -0.491 e. The van der Waals surface area contributed by atoms with Crippen molar-refractivity contribution in [3.63, 3.8) is 0 Å². The number of amides is 1. The quantitative estimate of drug-likeness (QED) is 0.647. The van der Waals surface area contributed by atoms with E-state index < -0.39 is 21.5 Å². The molecule has 0 spiro atoms. The molecule has 0 atom stereocenters. The van der Waals surface area contributed by atoms with Crippen LogP contribution in [0.25, 0.3) is 0 Å². The van der Waals surface area contributed by atoms with Gasteiger partial charge in [0.2, 0.25) is 5.89 Å². The van der Waals surface area contributed by atoms with E-state index in [9.17, 15) is 13.2 Å². The molecular weight excluding hydrogens is 382 g/mol. The summed E-state index contributed by atoms with van der Waals surface area (Å²) in [5.74, 6) is -0.379. The van der Waals surface area contributed by atoms with Gasteiger partial charge >= 0.3 is 6.01 Å². The van der Waals surface area contributed by atoms with Crippen LogP contribution in [0.5, 0.6) is 5.75 Å². The standard InChI is InChI=1S/C19H19N3O5S/c1-13(2)26-15-10-8-14(9-11-15)18(23)20-19-22-21-17(27-19)12-28(24,25)16-6-4-3-5-7-16/h3-11,13H,12H2,1-2H3,(H,20,22,23). The highest BCUT2D eigenvalue weighted by Gasteiger charge is 2.20. The van der Waals surface area contributed by atoms with Crippen molar-refractivity contribution in [3.05, 3.63) is 66.1 Å². The zero-order chi connectivity index (χ0) is 20.1. The van der Waals surface area contributed by atoms with Gasteiger partial charge in [-0.25, -0.2) is 8.42 Å². The van der Waals surface area contributed by atoms with E-state index >= 15 is 0 Å². The molecule has 8 nitrogen and oxygen atoms in total. The van der Waals surface area contributed by atoms with Crippen molar-refractivity contribution in [2.45, 2.75) is 30.6 Å². The van der Waals surface area contributed by atoms with Crippen LogP contribution in [-0.4, -0.2) is 30.6 Å². The Morgan fingerprint density at radius 1 is 1.07 bits per heavy atom. The Hall–Kier alpha value is -3.20. The van der Waals surface area contributed by atoms with Crippen LogP contribution in [0.4, 0.5) is 6.01 Å². The average Bonchev–Trinajstić information content (AvgIpc) is 3.08. The SMILES string of the molecule is CC(C)Oc1ccc(C(=O)Nc2nnc(CS(=O)(=O)c3ccccc3)o2)cc1. The molecule has 2 aromatic carbocycles. The van der Waals surface area contributed by atoms with E-state index in [0.29, 0.717) is 11.3 Å². The van der Waals surface area contributed by atoms with Crippen LogP contribution in [0.1, 0.15) is 30.1 Å². The van der Waals surface area contributed by atoms with Gasteiger partial charge in [0.15, 0.2) is 9.84 Å². The summed E-state index contributed by atoms with van der Waals surface area (Å²) in [7, 11) is -3.62. The Balaban J connectivity index is 1.65. The van der Waals surface area contributed by atoms with E-state index in [-0.39, 0.29) is 22.9 Å². The molecule has 0 aliphatic rings. The number of sulfone groups is 1. The second-order valence-corrected chi connectivity index (χ2v) is 8.21. The van der Waals surface area contributed by atoms with Crippen molar-refractivity contribution in [1.29, 1.82) is 0 Å². The van der Waals surface area contributed by atoms with E-state index in [2.05, 4.69) is 15.5 Å². The molecule has 28 heavy (non-hydrogen) atoms. The number of aromatic nitrogens is 2. The minimum atomic E-state index is -3.62. The third kappa shape index (κ3) is 4.95. The number of benzene rings is 2. The van der Waals surface area contributed by atoms with Crippen molar-refractivity contribution >= 4 is 21.8 Å². The van der Waals surface area contributed by atoms with Gasteiger partial charge in [-0.1, -0.05) is 23.3 Å². The number of nitrogens with one attached hydrogen (secondary N) is 1. The summed E-state index contributed by atoms with van der Waals surface area (Å²) in [5, 5.41) is 9.82. The van der Waals surface area contributed by atoms with Gasteiger partial charge in [0.05, 0.1) is 11.0 Å². The Morgan fingerprint density at radius 3 is 2.39 bits per heavy atom. The first kappa shape index (κ1) is 19.6. The first-order valence-electron chi connectivity index (χ1n) is 8.52. The van der Waals surface area contributed by atoms with Crippen molar-refractivity contribution in [2.24, 2.45) is 0 Å². The fraction of sp³-hybridized carbons (Fsp3) is 0.211. The minimum absolute atomic E-state index is 0.0312. The number of ether oxygens (including phenoxy) is 1. The van der Waals surface area contributed by atoms with E-state index in [1.807, 2.05) is 13.8 Å². The molecule has 9 heteroatoms. The topological polar surface area (TPSA) is 111 Å². The van der Waals surface area contributed by atoms with E-state index in [4.69, 9.17) is 9.15 Å². The highest BCUT2D eigenvalue weighted by molar-refractivity contribution is 7.90. The second-order valence-electron chi connectivity index (χ2n) is 6.22. The molecule has 1 amide bonds. The Kier molecular flexibility index (Phi) is 5.74. The second kappa shape index (κ2) is 8.22. The predicted octanol–water partition coefficient (Wildman–Crippen LogP) is 3.08. The molecule has 0 aliphatic heterocycles. The Labute approximate surface area is 162 Å². The van der Waals surface area contributed by atoms with Crippen molar-refractivity contribution < 1.29 is 22.4 Å². The number of rotatable bonds is 7. The lowest BCUT2D eigenvalue weighted by molar-refractivity contribution is 0.102. The van der Waals surface area contributed by atoms with E-state index in [1.54, 1.807) is 42.5 Å². The van der Waals surface area contributed by atoms with Crippen LogP contribution in [0, 0.1) is 0 Å². The maximum absolute atomic E-state index is 12.3. The van der Waals surface area contributed by atoms with Crippen molar-refractivity contribution in [3.8, 4) is 5.75 Å². The summed E-state index contributed by atoms with van der Waals surface area (Å²) in [5.41, 5.74) is 0.368. The maximum atomic E-state index is 12.3.